The minimum atomic E-state index is 0.00158. The summed E-state index contributed by atoms with van der Waals surface area (Å²) >= 11 is 0. The number of rotatable bonds is 5. The molecule has 1 aliphatic heterocycles. The van der Waals surface area contributed by atoms with Crippen LogP contribution in [0.15, 0.2) is 24.4 Å². The molecule has 2 fully saturated rings. The van der Waals surface area contributed by atoms with Crippen molar-refractivity contribution in [2.24, 2.45) is 0 Å². The molecule has 0 atom stereocenters. The van der Waals surface area contributed by atoms with E-state index in [1.54, 1.807) is 0 Å². The molecular formula is C21H29N5O. The van der Waals surface area contributed by atoms with Gasteiger partial charge in [-0.05, 0) is 43.9 Å². The molecule has 2 saturated carbocycles. The first-order valence-corrected chi connectivity index (χ1v) is 10.5. The van der Waals surface area contributed by atoms with Crippen molar-refractivity contribution in [2.75, 3.05) is 6.54 Å². The van der Waals surface area contributed by atoms with Gasteiger partial charge in [0.2, 0.25) is 0 Å². The average Bonchev–Trinajstić information content (AvgIpc) is 3.28. The SMILES string of the molecule is O=C(NCc1cc2n(n1)CCN(C1CCCCC1)C2)c1cccn1C1CC1. The van der Waals surface area contributed by atoms with Crippen molar-refractivity contribution in [1.29, 1.82) is 0 Å². The van der Waals surface area contributed by atoms with Gasteiger partial charge >= 0.3 is 0 Å². The molecule has 2 aliphatic carbocycles. The molecule has 0 radical (unpaired) electrons. The van der Waals surface area contributed by atoms with Crippen LogP contribution in [0.25, 0.3) is 0 Å². The van der Waals surface area contributed by atoms with Crippen LogP contribution in [0, 0.1) is 0 Å². The van der Waals surface area contributed by atoms with Crippen LogP contribution in [0.1, 0.15) is 72.9 Å². The van der Waals surface area contributed by atoms with Crippen molar-refractivity contribution in [2.45, 2.75) is 76.7 Å². The molecule has 0 unspecified atom stereocenters. The molecule has 0 bridgehead atoms. The lowest BCUT2D eigenvalue weighted by atomic mass is 9.94. The number of amides is 1. The Morgan fingerprint density at radius 3 is 2.78 bits per heavy atom. The number of nitrogens with zero attached hydrogens (tertiary/aromatic N) is 4. The minimum absolute atomic E-state index is 0.00158. The van der Waals surface area contributed by atoms with Crippen LogP contribution in [-0.4, -0.2) is 37.7 Å². The van der Waals surface area contributed by atoms with Gasteiger partial charge in [0, 0.05) is 31.4 Å². The van der Waals surface area contributed by atoms with E-state index in [0.717, 1.165) is 37.1 Å². The fourth-order valence-corrected chi connectivity index (χ4v) is 4.71. The summed E-state index contributed by atoms with van der Waals surface area (Å²) in [5, 5.41) is 7.78. The van der Waals surface area contributed by atoms with E-state index in [1.165, 1.54) is 50.6 Å². The molecule has 6 nitrogen and oxygen atoms in total. The van der Waals surface area contributed by atoms with Crippen molar-refractivity contribution < 1.29 is 4.79 Å². The predicted molar refractivity (Wildman–Crippen MR) is 103 cm³/mol. The first-order chi connectivity index (χ1) is 13.3. The van der Waals surface area contributed by atoms with Gasteiger partial charge in [0.25, 0.3) is 5.91 Å². The zero-order chi connectivity index (χ0) is 18.2. The van der Waals surface area contributed by atoms with Crippen LogP contribution >= 0.6 is 0 Å². The van der Waals surface area contributed by atoms with Gasteiger partial charge < -0.3 is 9.88 Å². The lowest BCUT2D eigenvalue weighted by Crippen LogP contribution is -2.42. The van der Waals surface area contributed by atoms with E-state index in [2.05, 4.69) is 25.5 Å². The molecule has 1 N–H and O–H groups in total. The fourth-order valence-electron chi connectivity index (χ4n) is 4.71. The number of nitrogens with one attached hydrogen (secondary N) is 1. The first-order valence-electron chi connectivity index (χ1n) is 10.5. The van der Waals surface area contributed by atoms with Gasteiger partial charge in [0.1, 0.15) is 5.69 Å². The molecular weight excluding hydrogens is 338 g/mol. The van der Waals surface area contributed by atoms with Crippen LogP contribution in [0.5, 0.6) is 0 Å². The van der Waals surface area contributed by atoms with Gasteiger partial charge in [-0.2, -0.15) is 5.10 Å². The van der Waals surface area contributed by atoms with Crippen molar-refractivity contribution in [1.82, 2.24) is 24.6 Å². The largest absolute Gasteiger partial charge is 0.345 e. The summed E-state index contributed by atoms with van der Waals surface area (Å²) in [5.74, 6) is 0.00158. The number of hydrogen-bond acceptors (Lipinski definition) is 3. The van der Waals surface area contributed by atoms with Crippen LogP contribution in [-0.2, 0) is 19.6 Å². The third-order valence-corrected chi connectivity index (χ3v) is 6.35. The lowest BCUT2D eigenvalue weighted by Gasteiger charge is -2.36. The maximum absolute atomic E-state index is 12.6. The van der Waals surface area contributed by atoms with Crippen LogP contribution in [0.3, 0.4) is 0 Å². The third kappa shape index (κ3) is 3.55. The highest BCUT2D eigenvalue weighted by molar-refractivity contribution is 5.92. The normalized spacial score (nSPS) is 21.2. The van der Waals surface area contributed by atoms with Gasteiger partial charge in [0.05, 0.1) is 24.5 Å². The summed E-state index contributed by atoms with van der Waals surface area (Å²) in [6.07, 6.45) is 11.2. The summed E-state index contributed by atoms with van der Waals surface area (Å²) in [6, 6.07) is 7.32. The highest BCUT2D eigenvalue weighted by Gasteiger charge is 2.27. The molecule has 0 aromatic carbocycles. The maximum atomic E-state index is 12.6. The average molecular weight is 367 g/mol. The summed E-state index contributed by atoms with van der Waals surface area (Å²) in [4.78, 5) is 15.2. The van der Waals surface area contributed by atoms with Gasteiger partial charge in [0.15, 0.2) is 0 Å². The number of hydrogen-bond donors (Lipinski definition) is 1. The Morgan fingerprint density at radius 1 is 1.11 bits per heavy atom. The highest BCUT2D eigenvalue weighted by Crippen LogP contribution is 2.36. The Balaban J connectivity index is 1.21. The van der Waals surface area contributed by atoms with Gasteiger partial charge in [-0.3, -0.25) is 14.4 Å². The number of carbonyl (C=O) groups is 1. The van der Waals surface area contributed by atoms with Crippen molar-refractivity contribution >= 4 is 5.91 Å². The molecule has 2 aromatic heterocycles. The fraction of sp³-hybridized carbons (Fsp3) is 0.619. The minimum Gasteiger partial charge on any atom is -0.345 e. The van der Waals surface area contributed by atoms with E-state index in [1.807, 2.05) is 18.3 Å². The quantitative estimate of drug-likeness (QED) is 0.883. The second kappa shape index (κ2) is 7.15. The molecule has 2 aromatic rings. The summed E-state index contributed by atoms with van der Waals surface area (Å²) in [6.45, 7) is 3.55. The highest BCUT2D eigenvalue weighted by atomic mass is 16.1. The van der Waals surface area contributed by atoms with Gasteiger partial charge in [-0.1, -0.05) is 19.3 Å². The lowest BCUT2D eigenvalue weighted by molar-refractivity contribution is 0.0940. The number of fused-ring (bicyclic) bond motifs is 1. The molecule has 0 spiro atoms. The predicted octanol–water partition coefficient (Wildman–Crippen LogP) is 3.10. The Labute approximate surface area is 160 Å². The van der Waals surface area contributed by atoms with Gasteiger partial charge in [-0.25, -0.2) is 0 Å². The Morgan fingerprint density at radius 2 is 1.96 bits per heavy atom. The molecule has 3 heterocycles. The molecule has 144 valence electrons. The van der Waals surface area contributed by atoms with E-state index in [4.69, 9.17) is 5.10 Å². The summed E-state index contributed by atoms with van der Waals surface area (Å²) in [7, 11) is 0. The number of aromatic nitrogens is 3. The second-order valence-electron chi connectivity index (χ2n) is 8.33. The molecule has 3 aliphatic rings. The Bertz CT molecular complexity index is 812. The zero-order valence-corrected chi connectivity index (χ0v) is 15.9. The van der Waals surface area contributed by atoms with E-state index < -0.39 is 0 Å². The molecule has 5 rings (SSSR count). The Kier molecular flexibility index (Phi) is 4.52. The van der Waals surface area contributed by atoms with E-state index in [0.29, 0.717) is 12.6 Å². The second-order valence-corrected chi connectivity index (χ2v) is 8.33. The molecule has 27 heavy (non-hydrogen) atoms. The molecule has 1 amide bonds. The van der Waals surface area contributed by atoms with E-state index in [-0.39, 0.29) is 5.91 Å². The standard InChI is InChI=1S/C21H29N5O/c27-21(20-7-4-10-25(20)18-8-9-18)22-14-16-13-19-15-24(11-12-26(19)23-16)17-5-2-1-3-6-17/h4,7,10,13,17-18H,1-3,5-6,8-9,11-12,14-15H2,(H,22,27). The van der Waals surface area contributed by atoms with E-state index in [9.17, 15) is 4.79 Å². The molecule has 6 heteroatoms. The monoisotopic (exact) mass is 367 g/mol. The van der Waals surface area contributed by atoms with Gasteiger partial charge in [-0.15, -0.1) is 0 Å². The topological polar surface area (TPSA) is 55.1 Å². The van der Waals surface area contributed by atoms with Crippen LogP contribution < -0.4 is 5.32 Å². The maximum Gasteiger partial charge on any atom is 0.268 e. The Hall–Kier alpha value is -2.08. The zero-order valence-electron chi connectivity index (χ0n) is 15.9. The van der Waals surface area contributed by atoms with Crippen molar-refractivity contribution in [3.8, 4) is 0 Å². The van der Waals surface area contributed by atoms with Crippen molar-refractivity contribution in [3.63, 3.8) is 0 Å². The summed E-state index contributed by atoms with van der Waals surface area (Å²) < 4.78 is 4.24. The molecule has 0 saturated heterocycles. The number of carbonyl (C=O) groups excluding carboxylic acids is 1. The first kappa shape index (κ1) is 17.0. The van der Waals surface area contributed by atoms with Crippen LogP contribution in [0.4, 0.5) is 0 Å². The van der Waals surface area contributed by atoms with Crippen LogP contribution in [0.2, 0.25) is 0 Å². The summed E-state index contributed by atoms with van der Waals surface area (Å²) in [5.41, 5.74) is 3.02. The van der Waals surface area contributed by atoms with E-state index >= 15 is 0 Å². The third-order valence-electron chi connectivity index (χ3n) is 6.35. The smallest absolute Gasteiger partial charge is 0.268 e. The van der Waals surface area contributed by atoms with Crippen molar-refractivity contribution in [3.05, 3.63) is 41.5 Å².